The fraction of sp³-hybridized carbons (Fsp3) is 0.818. The molecule has 1 heterocycles. The van der Waals surface area contributed by atoms with Gasteiger partial charge in [0, 0.05) is 32.6 Å². The third-order valence-electron chi connectivity index (χ3n) is 2.55. The van der Waals surface area contributed by atoms with E-state index in [1.807, 2.05) is 6.92 Å². The van der Waals surface area contributed by atoms with Crippen molar-refractivity contribution < 1.29 is 0 Å². The summed E-state index contributed by atoms with van der Waals surface area (Å²) in [5.74, 6) is 6.05. The molecule has 0 unspecified atom stereocenters. The Labute approximate surface area is 81.9 Å². The summed E-state index contributed by atoms with van der Waals surface area (Å²) in [6.07, 6.45) is 2.29. The highest BCUT2D eigenvalue weighted by Crippen LogP contribution is 2.00. The molecule has 13 heavy (non-hydrogen) atoms. The Kier molecular flexibility index (Phi) is 4.88. The molecule has 0 radical (unpaired) electrons. The lowest BCUT2D eigenvalue weighted by molar-refractivity contribution is 0.153. The van der Waals surface area contributed by atoms with E-state index in [4.69, 9.17) is 0 Å². The molecule has 74 valence electrons. The van der Waals surface area contributed by atoms with Crippen molar-refractivity contribution >= 4 is 0 Å². The van der Waals surface area contributed by atoms with Crippen LogP contribution in [0.2, 0.25) is 0 Å². The minimum absolute atomic E-state index is 1.06. The van der Waals surface area contributed by atoms with E-state index in [0.717, 1.165) is 6.42 Å². The topological polar surface area (TPSA) is 6.48 Å². The van der Waals surface area contributed by atoms with Gasteiger partial charge in [0.05, 0.1) is 0 Å². The molecule has 0 N–H and O–H groups in total. The van der Waals surface area contributed by atoms with Gasteiger partial charge < -0.3 is 9.80 Å². The Morgan fingerprint density at radius 2 is 1.85 bits per heavy atom. The molecule has 1 aliphatic heterocycles. The second-order valence-electron chi connectivity index (χ2n) is 3.68. The van der Waals surface area contributed by atoms with Crippen molar-refractivity contribution in [1.29, 1.82) is 0 Å². The van der Waals surface area contributed by atoms with Gasteiger partial charge in [0.25, 0.3) is 0 Å². The average molecular weight is 180 g/mol. The maximum absolute atomic E-state index is 3.11. The van der Waals surface area contributed by atoms with Crippen molar-refractivity contribution in [3.05, 3.63) is 0 Å². The predicted octanol–water partition coefficient (Wildman–Crippen LogP) is 1.04. The highest BCUT2D eigenvalue weighted by molar-refractivity contribution is 4.94. The van der Waals surface area contributed by atoms with Crippen LogP contribution in [0.25, 0.3) is 0 Å². The number of hydrogen-bond donors (Lipinski definition) is 0. The van der Waals surface area contributed by atoms with E-state index in [-0.39, 0.29) is 0 Å². The van der Waals surface area contributed by atoms with Crippen molar-refractivity contribution in [2.75, 3.05) is 39.8 Å². The van der Waals surface area contributed by atoms with Gasteiger partial charge in [-0.25, -0.2) is 0 Å². The normalized spacial score (nSPS) is 19.5. The molecule has 0 aliphatic carbocycles. The van der Waals surface area contributed by atoms with Gasteiger partial charge >= 0.3 is 0 Å². The zero-order valence-electron chi connectivity index (χ0n) is 8.84. The van der Waals surface area contributed by atoms with E-state index in [0.29, 0.717) is 0 Å². The summed E-state index contributed by atoms with van der Waals surface area (Å²) in [5.41, 5.74) is 0. The van der Waals surface area contributed by atoms with Crippen LogP contribution in [0.1, 0.15) is 19.8 Å². The van der Waals surface area contributed by atoms with Crippen LogP contribution in [0, 0.1) is 11.8 Å². The van der Waals surface area contributed by atoms with Gasteiger partial charge in [-0.05, 0) is 26.9 Å². The lowest BCUT2D eigenvalue weighted by Crippen LogP contribution is -2.44. The van der Waals surface area contributed by atoms with Gasteiger partial charge in [0.15, 0.2) is 0 Å². The van der Waals surface area contributed by atoms with Crippen molar-refractivity contribution in [3.8, 4) is 11.8 Å². The first kappa shape index (κ1) is 10.6. The van der Waals surface area contributed by atoms with Gasteiger partial charge in [-0.15, -0.1) is 11.8 Å². The van der Waals surface area contributed by atoms with E-state index in [9.17, 15) is 0 Å². The second kappa shape index (κ2) is 6.01. The number of likely N-dealkylation sites (N-methyl/N-ethyl adjacent to an activating group) is 1. The first-order chi connectivity index (χ1) is 6.33. The number of hydrogen-bond acceptors (Lipinski definition) is 2. The fourth-order valence-corrected chi connectivity index (χ4v) is 1.59. The molecule has 2 nitrogen and oxygen atoms in total. The third kappa shape index (κ3) is 4.31. The molecule has 0 aromatic heterocycles. The molecule has 0 amide bonds. The van der Waals surface area contributed by atoms with E-state index in [2.05, 4.69) is 28.7 Å². The van der Waals surface area contributed by atoms with Crippen molar-refractivity contribution in [1.82, 2.24) is 9.80 Å². The molecule has 1 saturated heterocycles. The quantitative estimate of drug-likeness (QED) is 0.473. The van der Waals surface area contributed by atoms with Crippen LogP contribution in [-0.2, 0) is 0 Å². The van der Waals surface area contributed by atoms with Crippen molar-refractivity contribution in [3.63, 3.8) is 0 Å². The van der Waals surface area contributed by atoms with E-state index in [1.54, 1.807) is 0 Å². The molecule has 1 fully saturated rings. The van der Waals surface area contributed by atoms with Crippen LogP contribution in [0.4, 0.5) is 0 Å². The zero-order chi connectivity index (χ0) is 9.52. The molecule has 0 saturated carbocycles. The highest BCUT2D eigenvalue weighted by Gasteiger charge is 2.12. The first-order valence-electron chi connectivity index (χ1n) is 5.13. The number of unbranched alkanes of at least 4 members (excludes halogenated alkanes) is 1. The summed E-state index contributed by atoms with van der Waals surface area (Å²) in [7, 11) is 2.19. The van der Waals surface area contributed by atoms with Crippen LogP contribution >= 0.6 is 0 Å². The molecule has 0 aromatic carbocycles. The summed E-state index contributed by atoms with van der Waals surface area (Å²) in [6.45, 7) is 8.05. The minimum atomic E-state index is 1.06. The first-order valence-corrected chi connectivity index (χ1v) is 5.13. The molecule has 0 atom stereocenters. The summed E-state index contributed by atoms with van der Waals surface area (Å²) in [4.78, 5) is 4.93. The number of nitrogens with zero attached hydrogens (tertiary/aromatic N) is 2. The monoisotopic (exact) mass is 180 g/mol. The number of rotatable bonds is 3. The summed E-state index contributed by atoms with van der Waals surface area (Å²) < 4.78 is 0. The Morgan fingerprint density at radius 1 is 1.15 bits per heavy atom. The van der Waals surface area contributed by atoms with Gasteiger partial charge in [0.2, 0.25) is 0 Å². The van der Waals surface area contributed by atoms with E-state index in [1.165, 1.54) is 39.1 Å². The smallest absolute Gasteiger partial charge is 0.0110 e. The Morgan fingerprint density at radius 3 is 2.46 bits per heavy atom. The van der Waals surface area contributed by atoms with Gasteiger partial charge in [-0.2, -0.15) is 0 Å². The molecule has 0 spiro atoms. The Bertz CT molecular complexity index is 182. The van der Waals surface area contributed by atoms with E-state index >= 15 is 0 Å². The van der Waals surface area contributed by atoms with Crippen molar-refractivity contribution in [2.45, 2.75) is 19.8 Å². The standard InChI is InChI=1S/C11H20N2/c1-3-4-5-6-7-13-10-8-12(2)9-11-13/h5-11H2,1-2H3. The van der Waals surface area contributed by atoms with Crippen LogP contribution in [0.15, 0.2) is 0 Å². The lowest BCUT2D eigenvalue weighted by Gasteiger charge is -2.32. The van der Waals surface area contributed by atoms with Crippen LogP contribution in [0.5, 0.6) is 0 Å². The minimum Gasteiger partial charge on any atom is -0.304 e. The average Bonchev–Trinajstić information content (AvgIpc) is 2.15. The van der Waals surface area contributed by atoms with Gasteiger partial charge in [-0.3, -0.25) is 0 Å². The molecular formula is C11H20N2. The van der Waals surface area contributed by atoms with Gasteiger partial charge in [-0.1, -0.05) is 0 Å². The largest absolute Gasteiger partial charge is 0.304 e. The summed E-state index contributed by atoms with van der Waals surface area (Å²) in [5, 5.41) is 0. The molecule has 0 aromatic rings. The maximum atomic E-state index is 3.11. The van der Waals surface area contributed by atoms with Crippen LogP contribution < -0.4 is 0 Å². The van der Waals surface area contributed by atoms with Gasteiger partial charge in [0.1, 0.15) is 0 Å². The van der Waals surface area contributed by atoms with Crippen LogP contribution in [-0.4, -0.2) is 49.6 Å². The highest BCUT2D eigenvalue weighted by atomic mass is 15.2. The summed E-state index contributed by atoms with van der Waals surface area (Å²) >= 11 is 0. The third-order valence-corrected chi connectivity index (χ3v) is 2.55. The molecule has 0 bridgehead atoms. The SMILES string of the molecule is CC#CCCCN1CCN(C)CC1. The van der Waals surface area contributed by atoms with Crippen LogP contribution in [0.3, 0.4) is 0 Å². The summed E-state index contributed by atoms with van der Waals surface area (Å²) in [6, 6.07) is 0. The fourth-order valence-electron chi connectivity index (χ4n) is 1.59. The Balaban J connectivity index is 2.04. The predicted molar refractivity (Wildman–Crippen MR) is 56.6 cm³/mol. The maximum Gasteiger partial charge on any atom is 0.0110 e. The molecular weight excluding hydrogens is 160 g/mol. The zero-order valence-corrected chi connectivity index (χ0v) is 8.84. The molecule has 2 heteroatoms. The second-order valence-corrected chi connectivity index (χ2v) is 3.68. The van der Waals surface area contributed by atoms with Crippen molar-refractivity contribution in [2.24, 2.45) is 0 Å². The lowest BCUT2D eigenvalue weighted by atomic mass is 10.2. The molecule has 1 rings (SSSR count). The molecule has 1 aliphatic rings. The Hall–Kier alpha value is -0.520. The van der Waals surface area contributed by atoms with E-state index < -0.39 is 0 Å². The number of piperazine rings is 1.